The van der Waals surface area contributed by atoms with Gasteiger partial charge in [-0.3, -0.25) is 4.79 Å². The molecule has 0 saturated carbocycles. The molecule has 0 radical (unpaired) electrons. The molecular weight excluding hydrogens is 414 g/mol. The predicted octanol–water partition coefficient (Wildman–Crippen LogP) is 3.58. The largest absolute Gasteiger partial charge is 0.497 e. The van der Waals surface area contributed by atoms with Gasteiger partial charge in [0.15, 0.2) is 6.10 Å². The summed E-state index contributed by atoms with van der Waals surface area (Å²) < 4.78 is 27.1. The number of ether oxygens (including phenoxy) is 4. The molecule has 0 aliphatic carbocycles. The van der Waals surface area contributed by atoms with Crippen LogP contribution in [0.1, 0.15) is 19.2 Å². The number of carbonyl (C=O) groups excluding carboxylic acids is 1. The first kappa shape index (κ1) is 22.9. The van der Waals surface area contributed by atoms with Crippen molar-refractivity contribution in [3.63, 3.8) is 0 Å². The second-order valence-electron chi connectivity index (χ2n) is 6.97. The van der Waals surface area contributed by atoms with Gasteiger partial charge in [0.1, 0.15) is 23.0 Å². The van der Waals surface area contributed by atoms with E-state index >= 15 is 0 Å². The second-order valence-corrected chi connectivity index (χ2v) is 6.97. The summed E-state index contributed by atoms with van der Waals surface area (Å²) >= 11 is 0. The van der Waals surface area contributed by atoms with Crippen molar-refractivity contribution in [2.75, 3.05) is 28.4 Å². The summed E-state index contributed by atoms with van der Waals surface area (Å²) in [5, 5.41) is 4.02. The number of hydrogen-bond acceptors (Lipinski definition) is 8. The number of amides is 1. The van der Waals surface area contributed by atoms with E-state index in [0.717, 1.165) is 0 Å². The van der Waals surface area contributed by atoms with Gasteiger partial charge in [0.25, 0.3) is 5.91 Å². The van der Waals surface area contributed by atoms with Crippen molar-refractivity contribution in [2.45, 2.75) is 26.0 Å². The number of nitrogens with zero attached hydrogens (tertiary/aromatic N) is 3. The van der Waals surface area contributed by atoms with Gasteiger partial charge in [0.2, 0.25) is 11.7 Å². The average molecular weight is 441 g/mol. The molecule has 2 aromatic carbocycles. The maximum atomic E-state index is 12.9. The lowest BCUT2D eigenvalue weighted by atomic mass is 10.2. The Balaban J connectivity index is 1.69. The van der Waals surface area contributed by atoms with E-state index in [1.54, 1.807) is 58.7 Å². The highest BCUT2D eigenvalue weighted by atomic mass is 16.5. The van der Waals surface area contributed by atoms with Gasteiger partial charge in [-0.15, -0.1) is 0 Å². The first-order chi connectivity index (χ1) is 15.5. The van der Waals surface area contributed by atoms with Crippen LogP contribution in [0.3, 0.4) is 0 Å². The number of likely N-dealkylation sites (N-methyl/N-ethyl adjacent to an activating group) is 1. The van der Waals surface area contributed by atoms with Crippen LogP contribution in [0.25, 0.3) is 11.4 Å². The van der Waals surface area contributed by atoms with Crippen LogP contribution in [0.5, 0.6) is 23.0 Å². The number of aromatic nitrogens is 2. The molecule has 9 nitrogen and oxygen atoms in total. The maximum Gasteiger partial charge on any atom is 0.263 e. The minimum absolute atomic E-state index is 0.141. The average Bonchev–Trinajstić information content (AvgIpc) is 3.29. The monoisotopic (exact) mass is 441 g/mol. The van der Waals surface area contributed by atoms with E-state index in [1.807, 2.05) is 19.1 Å². The van der Waals surface area contributed by atoms with Crippen LogP contribution in [0, 0.1) is 0 Å². The Kier molecular flexibility index (Phi) is 7.54. The molecule has 0 aliphatic heterocycles. The minimum Gasteiger partial charge on any atom is -0.497 e. The van der Waals surface area contributed by atoms with Crippen LogP contribution in [0.15, 0.2) is 47.0 Å². The predicted molar refractivity (Wildman–Crippen MR) is 117 cm³/mol. The Bertz CT molecular complexity index is 1050. The molecule has 0 aliphatic rings. The van der Waals surface area contributed by atoms with E-state index in [4.69, 9.17) is 23.5 Å². The van der Waals surface area contributed by atoms with Crippen LogP contribution in [-0.4, -0.2) is 55.4 Å². The zero-order valence-corrected chi connectivity index (χ0v) is 18.8. The molecule has 0 saturated heterocycles. The quantitative estimate of drug-likeness (QED) is 0.471. The zero-order valence-electron chi connectivity index (χ0n) is 18.8. The molecule has 0 N–H and O–H groups in total. The smallest absolute Gasteiger partial charge is 0.263 e. The fraction of sp³-hybridized carbons (Fsp3) is 0.348. The highest BCUT2D eigenvalue weighted by Crippen LogP contribution is 2.31. The fourth-order valence-corrected chi connectivity index (χ4v) is 3.09. The van der Waals surface area contributed by atoms with Crippen molar-refractivity contribution >= 4 is 5.91 Å². The summed E-state index contributed by atoms with van der Waals surface area (Å²) in [7, 11) is 6.38. The van der Waals surface area contributed by atoms with Crippen molar-refractivity contribution in [1.82, 2.24) is 15.0 Å². The molecule has 1 atom stereocenters. The van der Waals surface area contributed by atoms with Gasteiger partial charge in [-0.25, -0.2) is 0 Å². The Hall–Kier alpha value is -3.75. The van der Waals surface area contributed by atoms with Gasteiger partial charge >= 0.3 is 0 Å². The summed E-state index contributed by atoms with van der Waals surface area (Å²) in [6.45, 7) is 2.03. The van der Waals surface area contributed by atoms with Crippen LogP contribution in [0.2, 0.25) is 0 Å². The number of rotatable bonds is 10. The third-order valence-corrected chi connectivity index (χ3v) is 4.83. The van der Waals surface area contributed by atoms with Crippen molar-refractivity contribution in [2.24, 2.45) is 0 Å². The molecule has 0 unspecified atom stereocenters. The van der Waals surface area contributed by atoms with Gasteiger partial charge in [-0.1, -0.05) is 18.1 Å². The topological polar surface area (TPSA) is 96.2 Å². The Labute approximate surface area is 186 Å². The van der Waals surface area contributed by atoms with Gasteiger partial charge in [0.05, 0.1) is 33.4 Å². The molecule has 9 heteroatoms. The lowest BCUT2D eigenvalue weighted by Gasteiger charge is -2.22. The minimum atomic E-state index is -0.656. The summed E-state index contributed by atoms with van der Waals surface area (Å²) in [5.74, 6) is 2.89. The highest BCUT2D eigenvalue weighted by Gasteiger charge is 2.24. The van der Waals surface area contributed by atoms with Crippen LogP contribution in [0.4, 0.5) is 0 Å². The molecule has 1 amide bonds. The molecule has 3 rings (SSSR count). The van der Waals surface area contributed by atoms with E-state index in [2.05, 4.69) is 10.1 Å². The van der Waals surface area contributed by atoms with E-state index in [0.29, 0.717) is 46.7 Å². The molecule has 0 spiro atoms. The molecule has 170 valence electrons. The Morgan fingerprint density at radius 3 is 2.44 bits per heavy atom. The summed E-state index contributed by atoms with van der Waals surface area (Å²) in [4.78, 5) is 18.8. The lowest BCUT2D eigenvalue weighted by molar-refractivity contribution is -0.138. The number of methoxy groups -OCH3 is 3. The van der Waals surface area contributed by atoms with Gasteiger partial charge in [0, 0.05) is 19.2 Å². The van der Waals surface area contributed by atoms with Gasteiger partial charge < -0.3 is 28.4 Å². The maximum absolute atomic E-state index is 12.9. The number of hydrogen-bond donors (Lipinski definition) is 0. The number of benzene rings is 2. The van der Waals surface area contributed by atoms with Crippen LogP contribution in [-0.2, 0) is 11.3 Å². The fourth-order valence-electron chi connectivity index (χ4n) is 3.09. The summed E-state index contributed by atoms with van der Waals surface area (Å²) in [6, 6.07) is 12.5. The van der Waals surface area contributed by atoms with E-state index < -0.39 is 6.10 Å². The van der Waals surface area contributed by atoms with Crippen molar-refractivity contribution in [3.8, 4) is 34.4 Å². The third-order valence-electron chi connectivity index (χ3n) is 4.83. The van der Waals surface area contributed by atoms with Crippen molar-refractivity contribution in [3.05, 3.63) is 48.4 Å². The lowest BCUT2D eigenvalue weighted by Crippen LogP contribution is -2.39. The van der Waals surface area contributed by atoms with Crippen molar-refractivity contribution < 1.29 is 28.3 Å². The zero-order chi connectivity index (χ0) is 23.1. The SMILES string of the molecule is CC[C@@H](Oc1cccc(OC)c1)C(=O)N(C)Cc1nc(-c2ccc(OC)cc2OC)no1. The Morgan fingerprint density at radius 2 is 1.75 bits per heavy atom. The van der Waals surface area contributed by atoms with E-state index in [1.165, 1.54) is 4.90 Å². The molecule has 1 aromatic heterocycles. The van der Waals surface area contributed by atoms with Crippen LogP contribution >= 0.6 is 0 Å². The Morgan fingerprint density at radius 1 is 1.03 bits per heavy atom. The van der Waals surface area contributed by atoms with Crippen molar-refractivity contribution in [1.29, 1.82) is 0 Å². The first-order valence-corrected chi connectivity index (χ1v) is 10.1. The summed E-state index contributed by atoms with van der Waals surface area (Å²) in [5.41, 5.74) is 0.657. The van der Waals surface area contributed by atoms with E-state index in [-0.39, 0.29) is 12.5 Å². The summed E-state index contributed by atoms with van der Waals surface area (Å²) in [6.07, 6.45) is -0.158. The van der Waals surface area contributed by atoms with Gasteiger partial charge in [-0.05, 0) is 30.7 Å². The first-order valence-electron chi connectivity index (χ1n) is 10.1. The third kappa shape index (κ3) is 5.29. The van der Waals surface area contributed by atoms with Gasteiger partial charge in [-0.2, -0.15) is 4.98 Å². The van der Waals surface area contributed by atoms with Crippen LogP contribution < -0.4 is 18.9 Å². The second kappa shape index (κ2) is 10.5. The molecule has 1 heterocycles. The normalized spacial score (nSPS) is 11.5. The standard InChI is InChI=1S/C23H27N3O6/c1-6-19(31-17-9-7-8-15(12-17)28-3)23(27)26(2)14-21-24-22(25-32-21)18-11-10-16(29-4)13-20(18)30-5/h7-13,19H,6,14H2,1-5H3/t19-/m1/s1. The molecule has 0 fully saturated rings. The molecule has 32 heavy (non-hydrogen) atoms. The molecular formula is C23H27N3O6. The molecule has 0 bridgehead atoms. The molecule has 3 aromatic rings. The van der Waals surface area contributed by atoms with E-state index in [9.17, 15) is 4.79 Å². The highest BCUT2D eigenvalue weighted by molar-refractivity contribution is 5.81. The number of carbonyl (C=O) groups is 1.